The van der Waals surface area contributed by atoms with Crippen LogP contribution in [0.2, 0.25) is 0 Å². The van der Waals surface area contributed by atoms with Crippen molar-refractivity contribution in [3.63, 3.8) is 0 Å². The van der Waals surface area contributed by atoms with Gasteiger partial charge in [-0.2, -0.15) is 0 Å². The molecule has 4 nitrogen and oxygen atoms in total. The number of rotatable bonds is 5. The zero-order valence-electron chi connectivity index (χ0n) is 26.2. The Bertz CT molecular complexity index is 2410. The van der Waals surface area contributed by atoms with Crippen LogP contribution in [0.1, 0.15) is 31.4 Å². The first kappa shape index (κ1) is 27.4. The Kier molecular flexibility index (Phi) is 6.19. The van der Waals surface area contributed by atoms with Gasteiger partial charge in [0, 0.05) is 32.9 Å². The molecule has 1 aliphatic carbocycles. The summed E-state index contributed by atoms with van der Waals surface area (Å²) in [6.07, 6.45) is 1.04. The van der Waals surface area contributed by atoms with E-state index in [0.29, 0.717) is 17.5 Å². The lowest BCUT2D eigenvalue weighted by Gasteiger charge is -2.25. The van der Waals surface area contributed by atoms with E-state index >= 15 is 0 Å². The first-order valence-electron chi connectivity index (χ1n) is 16.2. The highest BCUT2D eigenvalue weighted by atomic mass is 16.3. The molecule has 0 aliphatic heterocycles. The van der Waals surface area contributed by atoms with Crippen molar-refractivity contribution in [3.05, 3.63) is 151 Å². The Morgan fingerprint density at radius 3 is 1.81 bits per heavy atom. The van der Waals surface area contributed by atoms with E-state index < -0.39 is 0 Å². The summed E-state index contributed by atoms with van der Waals surface area (Å²) in [5.41, 5.74) is 12.2. The van der Waals surface area contributed by atoms with Gasteiger partial charge in [0.05, 0.1) is 0 Å². The van der Waals surface area contributed by atoms with Crippen molar-refractivity contribution in [1.82, 2.24) is 15.0 Å². The van der Waals surface area contributed by atoms with Gasteiger partial charge in [0.15, 0.2) is 17.5 Å². The number of nitrogens with zero attached hydrogens (tertiary/aromatic N) is 3. The number of aromatic nitrogens is 3. The second kappa shape index (κ2) is 10.6. The molecule has 1 aliphatic rings. The lowest BCUT2D eigenvalue weighted by molar-refractivity contribution is 0.564. The molecule has 47 heavy (non-hydrogen) atoms. The van der Waals surface area contributed by atoms with E-state index in [9.17, 15) is 0 Å². The van der Waals surface area contributed by atoms with Crippen LogP contribution in [0.5, 0.6) is 0 Å². The zero-order chi connectivity index (χ0) is 31.5. The van der Waals surface area contributed by atoms with Crippen molar-refractivity contribution >= 4 is 21.9 Å². The van der Waals surface area contributed by atoms with E-state index in [4.69, 9.17) is 19.4 Å². The van der Waals surface area contributed by atoms with Gasteiger partial charge >= 0.3 is 0 Å². The van der Waals surface area contributed by atoms with Gasteiger partial charge in [-0.25, -0.2) is 15.0 Å². The molecule has 1 atom stereocenters. The summed E-state index contributed by atoms with van der Waals surface area (Å²) >= 11 is 0. The van der Waals surface area contributed by atoms with E-state index in [1.54, 1.807) is 0 Å². The van der Waals surface area contributed by atoms with Crippen molar-refractivity contribution in [1.29, 1.82) is 0 Å². The van der Waals surface area contributed by atoms with Crippen LogP contribution < -0.4 is 0 Å². The normalized spacial score (nSPS) is 15.2. The molecule has 0 saturated carbocycles. The Balaban J connectivity index is 1.17. The molecule has 4 heteroatoms. The average Bonchev–Trinajstić information content (AvgIpc) is 3.64. The van der Waals surface area contributed by atoms with Crippen LogP contribution in [-0.4, -0.2) is 15.0 Å². The third-order valence-electron chi connectivity index (χ3n) is 9.88. The minimum absolute atomic E-state index is 0.0140. The Hall–Kier alpha value is -5.87. The molecular weight excluding hydrogens is 574 g/mol. The predicted octanol–water partition coefficient (Wildman–Crippen LogP) is 11.1. The van der Waals surface area contributed by atoms with E-state index in [0.717, 1.165) is 50.8 Å². The third kappa shape index (κ3) is 4.33. The molecule has 0 amide bonds. The molecule has 8 aromatic rings. The van der Waals surface area contributed by atoms with Gasteiger partial charge in [-0.05, 0) is 64.1 Å². The maximum Gasteiger partial charge on any atom is 0.164 e. The highest BCUT2D eigenvalue weighted by molar-refractivity contribution is 6.15. The maximum atomic E-state index is 6.57. The van der Waals surface area contributed by atoms with Crippen molar-refractivity contribution in [2.24, 2.45) is 0 Å². The SMILES string of the molecule is CCC1(C)c2ccccc2-c2c1ccc1oc3cc(-c4cccc(-c5nc(-c6ccccc6)nc(-c6ccccc6)n5)c4)ccc3c21. The second-order valence-corrected chi connectivity index (χ2v) is 12.5. The van der Waals surface area contributed by atoms with Gasteiger partial charge in [0.25, 0.3) is 0 Å². The number of benzene rings is 6. The number of furan rings is 1. The molecule has 0 bridgehead atoms. The van der Waals surface area contributed by atoms with E-state index in [1.165, 1.54) is 27.6 Å². The number of fused-ring (bicyclic) bond motifs is 7. The predicted molar refractivity (Wildman–Crippen MR) is 191 cm³/mol. The molecule has 0 fully saturated rings. The highest BCUT2D eigenvalue weighted by Gasteiger charge is 2.39. The molecule has 1 unspecified atom stereocenters. The standard InChI is InChI=1S/C43H31N3O/c1-3-43(2)34-20-11-10-19-32(34)38-35(43)23-24-36-39(38)33-22-21-30(26-37(33)47-36)29-17-12-18-31(25-29)42-45-40(27-13-6-4-7-14-27)44-41(46-42)28-15-8-5-9-16-28/h4-26H,3H2,1-2H3. The van der Waals surface area contributed by atoms with Gasteiger partial charge in [-0.3, -0.25) is 0 Å². The Labute approximate surface area is 273 Å². The molecule has 0 radical (unpaired) electrons. The molecular formula is C43H31N3O. The van der Waals surface area contributed by atoms with Crippen molar-refractivity contribution < 1.29 is 4.42 Å². The van der Waals surface area contributed by atoms with Crippen LogP contribution in [0.15, 0.2) is 144 Å². The Morgan fingerprint density at radius 2 is 1.11 bits per heavy atom. The minimum Gasteiger partial charge on any atom is -0.456 e. The summed E-state index contributed by atoms with van der Waals surface area (Å²) in [5.74, 6) is 1.94. The van der Waals surface area contributed by atoms with Crippen LogP contribution in [0.25, 0.3) is 78.4 Å². The summed E-state index contributed by atoms with van der Waals surface area (Å²) in [6.45, 7) is 4.65. The van der Waals surface area contributed by atoms with Crippen molar-refractivity contribution in [2.75, 3.05) is 0 Å². The van der Waals surface area contributed by atoms with Crippen LogP contribution >= 0.6 is 0 Å². The first-order valence-corrected chi connectivity index (χ1v) is 16.2. The van der Waals surface area contributed by atoms with Gasteiger partial charge in [-0.1, -0.05) is 129 Å². The molecule has 6 aromatic carbocycles. The fourth-order valence-electron chi connectivity index (χ4n) is 7.27. The summed E-state index contributed by atoms with van der Waals surface area (Å²) in [7, 11) is 0. The fourth-order valence-corrected chi connectivity index (χ4v) is 7.27. The van der Waals surface area contributed by atoms with Gasteiger partial charge < -0.3 is 4.42 Å². The molecule has 9 rings (SSSR count). The lowest BCUT2D eigenvalue weighted by atomic mass is 9.78. The van der Waals surface area contributed by atoms with E-state index in [2.05, 4.69) is 92.7 Å². The fraction of sp³-hybridized carbons (Fsp3) is 0.0930. The number of hydrogen-bond acceptors (Lipinski definition) is 4. The minimum atomic E-state index is -0.0140. The second-order valence-electron chi connectivity index (χ2n) is 12.5. The zero-order valence-corrected chi connectivity index (χ0v) is 26.2. The molecule has 0 spiro atoms. The average molecular weight is 606 g/mol. The van der Waals surface area contributed by atoms with Crippen LogP contribution in [0.4, 0.5) is 0 Å². The smallest absolute Gasteiger partial charge is 0.164 e. The lowest BCUT2D eigenvalue weighted by Crippen LogP contribution is -2.18. The molecule has 2 aromatic heterocycles. The van der Waals surface area contributed by atoms with Crippen LogP contribution in [0, 0.1) is 0 Å². The largest absolute Gasteiger partial charge is 0.456 e. The number of hydrogen-bond donors (Lipinski definition) is 0. The molecule has 0 N–H and O–H groups in total. The summed E-state index contributed by atoms with van der Waals surface area (Å²) < 4.78 is 6.57. The summed E-state index contributed by atoms with van der Waals surface area (Å²) in [5, 5.41) is 2.35. The molecule has 2 heterocycles. The molecule has 224 valence electrons. The molecule has 0 saturated heterocycles. The maximum absolute atomic E-state index is 6.57. The van der Waals surface area contributed by atoms with E-state index in [-0.39, 0.29) is 5.41 Å². The van der Waals surface area contributed by atoms with Crippen LogP contribution in [-0.2, 0) is 5.41 Å². The topological polar surface area (TPSA) is 51.8 Å². The van der Waals surface area contributed by atoms with Gasteiger partial charge in [0.1, 0.15) is 11.2 Å². The first-order chi connectivity index (χ1) is 23.1. The van der Waals surface area contributed by atoms with E-state index in [1.807, 2.05) is 60.7 Å². The van der Waals surface area contributed by atoms with Gasteiger partial charge in [0.2, 0.25) is 0 Å². The monoisotopic (exact) mass is 605 g/mol. The Morgan fingerprint density at radius 1 is 0.511 bits per heavy atom. The van der Waals surface area contributed by atoms with Gasteiger partial charge in [-0.15, -0.1) is 0 Å². The highest BCUT2D eigenvalue weighted by Crippen LogP contribution is 2.54. The van der Waals surface area contributed by atoms with Crippen molar-refractivity contribution in [3.8, 4) is 56.4 Å². The summed E-state index contributed by atoms with van der Waals surface area (Å²) in [6, 6.07) is 48.4. The summed E-state index contributed by atoms with van der Waals surface area (Å²) in [4.78, 5) is 14.7. The third-order valence-corrected chi connectivity index (χ3v) is 9.88. The van der Waals surface area contributed by atoms with Crippen molar-refractivity contribution in [2.45, 2.75) is 25.7 Å². The van der Waals surface area contributed by atoms with Crippen LogP contribution in [0.3, 0.4) is 0 Å². The quantitative estimate of drug-likeness (QED) is 0.196.